The van der Waals surface area contributed by atoms with Gasteiger partial charge in [-0.25, -0.2) is 9.97 Å². The first-order valence-corrected chi connectivity index (χ1v) is 7.63. The van der Waals surface area contributed by atoms with Crippen LogP contribution in [-0.4, -0.2) is 9.97 Å². The van der Waals surface area contributed by atoms with Crippen molar-refractivity contribution in [2.45, 2.75) is 0 Å². The van der Waals surface area contributed by atoms with Crippen molar-refractivity contribution in [3.8, 4) is 22.5 Å². The number of rotatable bonds is 2. The Morgan fingerprint density at radius 3 is 1.42 bits per heavy atom. The van der Waals surface area contributed by atoms with Crippen LogP contribution in [0.4, 0.5) is 0 Å². The zero-order chi connectivity index (χ0) is 15.9. The number of hydrogen-bond acceptors (Lipinski definition) is 4. The lowest BCUT2D eigenvalue weighted by Gasteiger charge is -2.04. The van der Waals surface area contributed by atoms with Gasteiger partial charge in [0.1, 0.15) is 23.6 Å². The van der Waals surface area contributed by atoms with Gasteiger partial charge in [-0.3, -0.25) is 0 Å². The number of hydrogen-bond donors (Lipinski definition) is 0. The van der Waals surface area contributed by atoms with E-state index in [0.717, 1.165) is 44.3 Å². The average molecular weight is 312 g/mol. The van der Waals surface area contributed by atoms with Gasteiger partial charge in [0.2, 0.25) is 0 Å². The Labute approximate surface area is 137 Å². The van der Waals surface area contributed by atoms with E-state index in [1.165, 1.54) is 0 Å². The maximum Gasteiger partial charge on any atom is 0.117 e. The molecule has 4 heteroatoms. The monoisotopic (exact) mass is 312 g/mol. The summed E-state index contributed by atoms with van der Waals surface area (Å²) < 4.78 is 10.4. The van der Waals surface area contributed by atoms with Crippen LogP contribution in [0.25, 0.3) is 44.3 Å². The number of furan rings is 2. The van der Waals surface area contributed by atoms with E-state index in [2.05, 4.69) is 34.2 Å². The summed E-state index contributed by atoms with van der Waals surface area (Å²) in [7, 11) is 0. The third-order valence-electron chi connectivity index (χ3n) is 4.14. The van der Waals surface area contributed by atoms with Gasteiger partial charge < -0.3 is 8.83 Å². The Morgan fingerprint density at radius 1 is 0.500 bits per heavy atom. The summed E-state index contributed by atoms with van der Waals surface area (Å²) in [4.78, 5) is 9.24. The molecule has 4 nitrogen and oxygen atoms in total. The number of nitrogens with zero attached hydrogens (tertiary/aromatic N) is 2. The van der Waals surface area contributed by atoms with Crippen LogP contribution in [0.2, 0.25) is 0 Å². The molecule has 0 atom stereocenters. The van der Waals surface area contributed by atoms with Crippen LogP contribution in [0, 0.1) is 0 Å². The summed E-state index contributed by atoms with van der Waals surface area (Å²) in [5.41, 5.74) is 5.70. The summed E-state index contributed by atoms with van der Waals surface area (Å²) in [5, 5.41) is 2.01. The molecule has 24 heavy (non-hydrogen) atoms. The lowest BCUT2D eigenvalue weighted by molar-refractivity contribution is 0.571. The molecule has 0 aliphatic rings. The highest BCUT2D eigenvalue weighted by Gasteiger charge is 2.06. The van der Waals surface area contributed by atoms with Crippen molar-refractivity contribution < 1.29 is 8.83 Å². The predicted molar refractivity (Wildman–Crippen MR) is 92.4 cm³/mol. The van der Waals surface area contributed by atoms with Crippen molar-refractivity contribution in [2.24, 2.45) is 0 Å². The van der Waals surface area contributed by atoms with Crippen LogP contribution in [0.3, 0.4) is 0 Å². The van der Waals surface area contributed by atoms with Gasteiger partial charge in [-0.05, 0) is 24.3 Å². The minimum Gasteiger partial charge on any atom is -0.470 e. The van der Waals surface area contributed by atoms with Gasteiger partial charge in [-0.2, -0.15) is 0 Å². The maximum atomic E-state index is 5.18. The average Bonchev–Trinajstić information content (AvgIpc) is 3.29. The molecule has 5 aromatic rings. The van der Waals surface area contributed by atoms with E-state index >= 15 is 0 Å². The van der Waals surface area contributed by atoms with Crippen molar-refractivity contribution >= 4 is 21.8 Å². The molecule has 0 amide bonds. The number of fused-ring (bicyclic) bond motifs is 2. The van der Waals surface area contributed by atoms with Gasteiger partial charge >= 0.3 is 0 Å². The lowest BCUT2D eigenvalue weighted by Crippen LogP contribution is -1.86. The van der Waals surface area contributed by atoms with E-state index in [1.807, 2.05) is 24.3 Å². The maximum absolute atomic E-state index is 5.18. The smallest absolute Gasteiger partial charge is 0.117 e. The minimum absolute atomic E-state index is 0.864. The van der Waals surface area contributed by atoms with Crippen molar-refractivity contribution in [1.82, 2.24) is 9.97 Å². The Kier molecular flexibility index (Phi) is 2.76. The fourth-order valence-corrected chi connectivity index (χ4v) is 2.84. The fraction of sp³-hybridized carbons (Fsp3) is 0. The van der Waals surface area contributed by atoms with Crippen molar-refractivity contribution in [3.63, 3.8) is 0 Å². The third kappa shape index (κ3) is 2.08. The Hall–Kier alpha value is -3.40. The summed E-state index contributed by atoms with van der Waals surface area (Å²) >= 11 is 0. The Balaban J connectivity index is 1.53. The number of aromatic nitrogens is 2. The van der Waals surface area contributed by atoms with Crippen LogP contribution >= 0.6 is 0 Å². The molecule has 0 saturated carbocycles. The molecule has 0 fully saturated rings. The molecule has 0 aliphatic carbocycles. The molecule has 0 unspecified atom stereocenters. The van der Waals surface area contributed by atoms with Gasteiger partial charge in [-0.1, -0.05) is 24.3 Å². The molecule has 0 radical (unpaired) electrons. The first-order chi connectivity index (χ1) is 11.9. The van der Waals surface area contributed by atoms with Gasteiger partial charge in [0.05, 0.1) is 23.9 Å². The van der Waals surface area contributed by atoms with Crippen molar-refractivity contribution in [3.05, 3.63) is 73.6 Å². The highest BCUT2D eigenvalue weighted by atomic mass is 16.3. The number of benzene rings is 1. The second-order valence-electron chi connectivity index (χ2n) is 5.66. The standard InChI is InChI=1S/C20H12N2O2/c1-2-14(18-8-6-16-10-24-12-20(16)22-18)4-3-13(1)17-7-5-15-9-23-11-19(15)21-17/h1-12H. The molecule has 114 valence electrons. The van der Waals surface area contributed by atoms with Crippen LogP contribution in [0.1, 0.15) is 0 Å². The largest absolute Gasteiger partial charge is 0.470 e. The molecule has 0 saturated heterocycles. The Bertz CT molecular complexity index is 1060. The van der Waals surface area contributed by atoms with Gasteiger partial charge in [-0.15, -0.1) is 0 Å². The summed E-state index contributed by atoms with van der Waals surface area (Å²) in [5.74, 6) is 0. The second-order valence-corrected chi connectivity index (χ2v) is 5.66. The van der Waals surface area contributed by atoms with Gasteiger partial charge in [0, 0.05) is 21.9 Å². The van der Waals surface area contributed by atoms with Crippen molar-refractivity contribution in [1.29, 1.82) is 0 Å². The molecule has 0 spiro atoms. The summed E-state index contributed by atoms with van der Waals surface area (Å²) in [6.07, 6.45) is 6.73. The Morgan fingerprint density at radius 2 is 0.958 bits per heavy atom. The van der Waals surface area contributed by atoms with Crippen LogP contribution in [0.15, 0.2) is 82.4 Å². The van der Waals surface area contributed by atoms with E-state index < -0.39 is 0 Å². The molecule has 0 bridgehead atoms. The molecular formula is C20H12N2O2. The quantitative estimate of drug-likeness (QED) is 0.443. The molecule has 4 heterocycles. The topological polar surface area (TPSA) is 52.1 Å². The SMILES string of the molecule is c1cc(-c2ccc3cocc3n2)ccc1-c1ccc2cocc2n1. The fourth-order valence-electron chi connectivity index (χ4n) is 2.84. The van der Waals surface area contributed by atoms with E-state index in [-0.39, 0.29) is 0 Å². The molecule has 0 N–H and O–H groups in total. The molecular weight excluding hydrogens is 300 g/mol. The van der Waals surface area contributed by atoms with E-state index in [4.69, 9.17) is 8.83 Å². The van der Waals surface area contributed by atoms with Crippen LogP contribution in [0.5, 0.6) is 0 Å². The molecule has 5 rings (SSSR count). The van der Waals surface area contributed by atoms with Gasteiger partial charge in [0.25, 0.3) is 0 Å². The van der Waals surface area contributed by atoms with Crippen LogP contribution < -0.4 is 0 Å². The molecule has 1 aromatic carbocycles. The first-order valence-electron chi connectivity index (χ1n) is 7.63. The van der Waals surface area contributed by atoms with E-state index in [9.17, 15) is 0 Å². The zero-order valence-electron chi connectivity index (χ0n) is 12.6. The summed E-state index contributed by atoms with van der Waals surface area (Å²) in [6, 6.07) is 16.3. The lowest BCUT2D eigenvalue weighted by atomic mass is 10.1. The predicted octanol–water partition coefficient (Wildman–Crippen LogP) is 5.30. The molecule has 0 aliphatic heterocycles. The van der Waals surface area contributed by atoms with E-state index in [0.29, 0.717) is 0 Å². The van der Waals surface area contributed by atoms with Gasteiger partial charge in [0.15, 0.2) is 0 Å². The molecule has 4 aromatic heterocycles. The third-order valence-corrected chi connectivity index (χ3v) is 4.14. The minimum atomic E-state index is 0.864. The summed E-state index contributed by atoms with van der Waals surface area (Å²) in [6.45, 7) is 0. The normalized spacial score (nSPS) is 11.3. The first kappa shape index (κ1) is 13.1. The second kappa shape index (κ2) is 5.06. The highest BCUT2D eigenvalue weighted by molar-refractivity contribution is 5.82. The van der Waals surface area contributed by atoms with Crippen molar-refractivity contribution in [2.75, 3.05) is 0 Å². The van der Waals surface area contributed by atoms with E-state index in [1.54, 1.807) is 25.1 Å². The number of pyridine rings is 2. The zero-order valence-corrected chi connectivity index (χ0v) is 12.6. The van der Waals surface area contributed by atoms with Crippen LogP contribution in [-0.2, 0) is 0 Å². The highest BCUT2D eigenvalue weighted by Crippen LogP contribution is 2.26.